The van der Waals surface area contributed by atoms with E-state index in [4.69, 9.17) is 0 Å². The van der Waals surface area contributed by atoms with Gasteiger partial charge in [-0.2, -0.15) is 0 Å². The molecule has 0 atom stereocenters. The van der Waals surface area contributed by atoms with Gasteiger partial charge in [-0.3, -0.25) is 0 Å². The maximum absolute atomic E-state index is 2.45. The van der Waals surface area contributed by atoms with Gasteiger partial charge in [-0.15, -0.1) is 0 Å². The maximum atomic E-state index is 2.45. The molecule has 82 valence electrons. The Morgan fingerprint density at radius 2 is 1.93 bits per heavy atom. The summed E-state index contributed by atoms with van der Waals surface area (Å²) < 4.78 is 3.14. The first-order valence-corrected chi connectivity index (χ1v) is 7.50. The van der Waals surface area contributed by atoms with Crippen molar-refractivity contribution in [2.75, 3.05) is 0 Å². The summed E-state index contributed by atoms with van der Waals surface area (Å²) in [7, 11) is 0. The van der Waals surface area contributed by atoms with Gasteiger partial charge in [0.25, 0.3) is 0 Å². The fourth-order valence-corrected chi connectivity index (χ4v) is 3.34. The van der Waals surface area contributed by atoms with E-state index in [9.17, 15) is 0 Å². The van der Waals surface area contributed by atoms with Crippen LogP contribution in [-0.4, -0.2) is 15.0 Å². The van der Waals surface area contributed by atoms with Crippen LogP contribution in [0.15, 0.2) is 40.9 Å². The average Bonchev–Trinajstić information content (AvgIpc) is 2.29. The van der Waals surface area contributed by atoms with Crippen molar-refractivity contribution < 1.29 is 0 Å². The predicted molar refractivity (Wildman–Crippen MR) is 69.7 cm³/mol. The molecule has 0 aliphatic rings. The number of unbranched alkanes of at least 4 members (excludes halogenated alkanes) is 2. The Balaban J connectivity index is 2.50. The Bertz CT molecular complexity index is 287. The van der Waals surface area contributed by atoms with Crippen molar-refractivity contribution in [2.45, 2.75) is 39.5 Å². The second kappa shape index (κ2) is 7.73. The van der Waals surface area contributed by atoms with Crippen molar-refractivity contribution in [3.05, 3.63) is 40.9 Å². The molecule has 1 aromatic carbocycles. The molecule has 0 unspecified atom stereocenters. The van der Waals surface area contributed by atoms with E-state index in [2.05, 4.69) is 50.3 Å². The van der Waals surface area contributed by atoms with Crippen molar-refractivity contribution >= 4 is 19.4 Å². The Labute approximate surface area is 99.9 Å². The normalized spacial score (nSPS) is 11.7. The molecule has 0 aliphatic carbocycles. The number of hydrogen-bond acceptors (Lipinski definition) is 0. The van der Waals surface area contributed by atoms with Gasteiger partial charge in [0, 0.05) is 0 Å². The van der Waals surface area contributed by atoms with Gasteiger partial charge in [0.1, 0.15) is 0 Å². The van der Waals surface area contributed by atoms with Crippen LogP contribution in [-0.2, 0) is 0 Å². The summed E-state index contributed by atoms with van der Waals surface area (Å²) in [5.74, 6) is 0. The first kappa shape index (κ1) is 12.5. The quantitative estimate of drug-likeness (QED) is 0.546. The van der Waals surface area contributed by atoms with E-state index < -0.39 is 0 Å². The summed E-state index contributed by atoms with van der Waals surface area (Å²) in [5.41, 5.74) is 0. The van der Waals surface area contributed by atoms with Crippen LogP contribution in [0.3, 0.4) is 0 Å². The first-order chi connectivity index (χ1) is 7.36. The molecule has 0 fully saturated rings. The van der Waals surface area contributed by atoms with Gasteiger partial charge >= 0.3 is 99.8 Å². The van der Waals surface area contributed by atoms with Crippen LogP contribution in [0.1, 0.15) is 39.5 Å². The molecule has 0 amide bonds. The van der Waals surface area contributed by atoms with Crippen LogP contribution in [0, 0.1) is 0 Å². The molecule has 0 heterocycles. The van der Waals surface area contributed by atoms with Crippen molar-refractivity contribution in [2.24, 2.45) is 0 Å². The van der Waals surface area contributed by atoms with E-state index in [1.54, 1.807) is 4.47 Å². The van der Waals surface area contributed by atoms with E-state index >= 15 is 0 Å². The van der Waals surface area contributed by atoms with Gasteiger partial charge in [0.2, 0.25) is 0 Å². The molecule has 0 saturated heterocycles. The van der Waals surface area contributed by atoms with Gasteiger partial charge in [-0.05, 0) is 0 Å². The molecule has 0 aromatic heterocycles. The van der Waals surface area contributed by atoms with Crippen LogP contribution >= 0.6 is 0 Å². The number of rotatable bonds is 6. The topological polar surface area (TPSA) is 0 Å². The summed E-state index contributed by atoms with van der Waals surface area (Å²) in [6.45, 7) is 4.52. The molecule has 0 nitrogen and oxygen atoms in total. The molecule has 15 heavy (non-hydrogen) atoms. The van der Waals surface area contributed by atoms with Gasteiger partial charge in [-0.25, -0.2) is 0 Å². The zero-order valence-corrected chi connectivity index (χ0v) is 11.4. The van der Waals surface area contributed by atoms with Crippen LogP contribution in [0.5, 0.6) is 0 Å². The number of benzene rings is 1. The zero-order valence-electron chi connectivity index (χ0n) is 9.70. The SMILES string of the molecule is CCCC/C=C(\CC)[Se]c1ccccc1. The van der Waals surface area contributed by atoms with Gasteiger partial charge in [0.15, 0.2) is 0 Å². The van der Waals surface area contributed by atoms with Crippen molar-refractivity contribution in [1.29, 1.82) is 0 Å². The van der Waals surface area contributed by atoms with E-state index in [0.717, 1.165) is 0 Å². The molecule has 0 spiro atoms. The average molecular weight is 267 g/mol. The Hall–Kier alpha value is -0.521. The van der Waals surface area contributed by atoms with E-state index in [-0.39, 0.29) is 0 Å². The third-order valence-corrected chi connectivity index (χ3v) is 4.84. The molecular weight excluding hydrogens is 247 g/mol. The van der Waals surface area contributed by atoms with E-state index in [1.807, 2.05) is 0 Å². The Morgan fingerprint density at radius 3 is 2.53 bits per heavy atom. The fourth-order valence-electron chi connectivity index (χ4n) is 1.37. The summed E-state index contributed by atoms with van der Waals surface area (Å²) >= 11 is 0.545. The molecule has 0 N–H and O–H groups in total. The van der Waals surface area contributed by atoms with Crippen molar-refractivity contribution in [3.63, 3.8) is 0 Å². The molecule has 0 aliphatic heterocycles. The molecule has 0 radical (unpaired) electrons. The fraction of sp³-hybridized carbons (Fsp3) is 0.429. The summed E-state index contributed by atoms with van der Waals surface area (Å²) in [4.78, 5) is 0. The monoisotopic (exact) mass is 268 g/mol. The molecule has 0 saturated carbocycles. The van der Waals surface area contributed by atoms with Crippen molar-refractivity contribution in [3.8, 4) is 0 Å². The minimum absolute atomic E-state index is 0.545. The molecular formula is C14H20Se. The van der Waals surface area contributed by atoms with Crippen LogP contribution in [0.2, 0.25) is 0 Å². The zero-order chi connectivity index (χ0) is 10.9. The predicted octanol–water partition coefficient (Wildman–Crippen LogP) is 3.50. The molecule has 1 rings (SSSR count). The Kier molecular flexibility index (Phi) is 6.47. The third kappa shape index (κ3) is 5.20. The third-order valence-electron chi connectivity index (χ3n) is 2.27. The molecule has 1 aromatic rings. The summed E-state index contributed by atoms with van der Waals surface area (Å²) in [6.07, 6.45) is 7.55. The second-order valence-corrected chi connectivity index (χ2v) is 6.10. The van der Waals surface area contributed by atoms with E-state index in [1.165, 1.54) is 30.1 Å². The van der Waals surface area contributed by atoms with Crippen LogP contribution in [0.4, 0.5) is 0 Å². The summed E-state index contributed by atoms with van der Waals surface area (Å²) in [6, 6.07) is 10.8. The Morgan fingerprint density at radius 1 is 1.20 bits per heavy atom. The van der Waals surface area contributed by atoms with Crippen molar-refractivity contribution in [1.82, 2.24) is 0 Å². The first-order valence-electron chi connectivity index (χ1n) is 5.78. The van der Waals surface area contributed by atoms with Crippen LogP contribution < -0.4 is 4.46 Å². The standard InChI is InChI=1S/C14H20Se/c1-3-5-7-10-13(4-2)15-14-11-8-6-9-12-14/h6,8-12H,3-5,7H2,1-2H3/b13-10+. The molecule has 1 heteroatoms. The van der Waals surface area contributed by atoms with Gasteiger partial charge in [0.05, 0.1) is 0 Å². The minimum atomic E-state index is 0.545. The van der Waals surface area contributed by atoms with Crippen LogP contribution in [0.25, 0.3) is 0 Å². The van der Waals surface area contributed by atoms with E-state index in [0.29, 0.717) is 15.0 Å². The number of allylic oxidation sites excluding steroid dienone is 2. The molecule has 0 bridgehead atoms. The van der Waals surface area contributed by atoms with Gasteiger partial charge in [-0.1, -0.05) is 0 Å². The second-order valence-electron chi connectivity index (χ2n) is 3.58. The number of hydrogen-bond donors (Lipinski definition) is 0. The summed E-state index contributed by atoms with van der Waals surface area (Å²) in [5, 5.41) is 0. The van der Waals surface area contributed by atoms with Gasteiger partial charge < -0.3 is 0 Å².